The Morgan fingerprint density at radius 1 is 1.11 bits per heavy atom. The van der Waals surface area contributed by atoms with E-state index in [0.717, 1.165) is 36.4 Å². The van der Waals surface area contributed by atoms with E-state index in [4.69, 9.17) is 4.42 Å². The van der Waals surface area contributed by atoms with E-state index in [1.807, 2.05) is 24.3 Å². The molecule has 0 aliphatic heterocycles. The topological polar surface area (TPSA) is 25.2 Å². The van der Waals surface area contributed by atoms with Gasteiger partial charge in [-0.15, -0.1) is 0 Å². The molecule has 0 saturated heterocycles. The van der Waals surface area contributed by atoms with Gasteiger partial charge in [0.15, 0.2) is 0 Å². The number of anilines is 1. The maximum Gasteiger partial charge on any atom is 0.123 e. The first-order chi connectivity index (χ1) is 9.10. The Kier molecular flexibility index (Phi) is 5.87. The fourth-order valence-corrected chi connectivity index (χ4v) is 4.60. The number of rotatable bonds is 5. The van der Waals surface area contributed by atoms with Crippen molar-refractivity contribution in [2.75, 3.05) is 11.6 Å². The maximum atomic E-state index is 5.73. The van der Waals surface area contributed by atoms with Gasteiger partial charge in [-0.3, -0.25) is 0 Å². The molecule has 2 rings (SSSR count). The van der Waals surface area contributed by atoms with Gasteiger partial charge in [-0.25, -0.2) is 0 Å². The highest BCUT2D eigenvalue weighted by Gasteiger charge is 2.08. The van der Waals surface area contributed by atoms with Crippen LogP contribution in [-0.2, 0) is 12.3 Å². The van der Waals surface area contributed by atoms with Gasteiger partial charge in [0.25, 0.3) is 0 Å². The number of halogens is 3. The Bertz CT molecular complexity index is 548. The summed E-state index contributed by atoms with van der Waals surface area (Å²) in [6.45, 7) is 0.660. The van der Waals surface area contributed by atoms with Gasteiger partial charge in [-0.2, -0.15) is 11.8 Å². The Hall–Kier alpha value is 0.0900. The van der Waals surface area contributed by atoms with Crippen molar-refractivity contribution in [2.45, 2.75) is 12.3 Å². The minimum Gasteiger partial charge on any atom is -0.463 e. The lowest BCUT2D eigenvalue weighted by Gasteiger charge is -2.10. The van der Waals surface area contributed by atoms with Gasteiger partial charge in [0.05, 0.1) is 18.0 Å². The van der Waals surface area contributed by atoms with Crippen LogP contribution in [0.3, 0.4) is 0 Å². The predicted octanol–water partition coefficient (Wildman–Crippen LogP) is 6.04. The summed E-state index contributed by atoms with van der Waals surface area (Å²) in [4.78, 5) is 0. The van der Waals surface area contributed by atoms with E-state index in [9.17, 15) is 0 Å². The van der Waals surface area contributed by atoms with Crippen molar-refractivity contribution in [3.63, 3.8) is 0 Å². The summed E-state index contributed by atoms with van der Waals surface area (Å²) < 4.78 is 8.76. The monoisotopic (exact) mass is 467 g/mol. The normalized spacial score (nSPS) is 10.7. The van der Waals surface area contributed by atoms with E-state index in [1.165, 1.54) is 0 Å². The van der Waals surface area contributed by atoms with Crippen LogP contribution in [0.4, 0.5) is 5.69 Å². The average Bonchev–Trinajstić information content (AvgIpc) is 2.76. The molecule has 19 heavy (non-hydrogen) atoms. The summed E-state index contributed by atoms with van der Waals surface area (Å²) in [7, 11) is 0. The average molecular weight is 470 g/mol. The van der Waals surface area contributed by atoms with Gasteiger partial charge in [0, 0.05) is 13.4 Å². The van der Waals surface area contributed by atoms with Gasteiger partial charge in [-0.1, -0.05) is 15.9 Å². The molecule has 1 heterocycles. The third-order valence-electron chi connectivity index (χ3n) is 2.45. The van der Waals surface area contributed by atoms with Crippen molar-refractivity contribution in [3.05, 3.63) is 49.2 Å². The van der Waals surface area contributed by atoms with Crippen LogP contribution in [0.5, 0.6) is 0 Å². The van der Waals surface area contributed by atoms with Crippen LogP contribution in [-0.4, -0.2) is 6.26 Å². The Morgan fingerprint density at radius 3 is 2.37 bits per heavy atom. The minimum atomic E-state index is 0.660. The van der Waals surface area contributed by atoms with E-state index in [-0.39, 0.29) is 0 Å². The fourth-order valence-electron chi connectivity index (χ4n) is 1.62. The van der Waals surface area contributed by atoms with Crippen molar-refractivity contribution in [2.24, 2.45) is 0 Å². The molecule has 6 heteroatoms. The first kappa shape index (κ1) is 15.5. The van der Waals surface area contributed by atoms with Gasteiger partial charge in [-0.05, 0) is 62.4 Å². The lowest BCUT2D eigenvalue weighted by atomic mass is 10.3. The molecule has 2 aromatic rings. The summed E-state index contributed by atoms with van der Waals surface area (Å²) in [5.41, 5.74) is 1.02. The number of benzene rings is 1. The molecule has 1 aromatic heterocycles. The molecule has 0 spiro atoms. The van der Waals surface area contributed by atoms with Gasteiger partial charge in [0.1, 0.15) is 11.5 Å². The number of nitrogens with one attached hydrogen (secondary N) is 1. The lowest BCUT2D eigenvalue weighted by molar-refractivity contribution is 0.487. The van der Waals surface area contributed by atoms with Crippen LogP contribution < -0.4 is 5.32 Å². The molecule has 0 aliphatic carbocycles. The quantitative estimate of drug-likeness (QED) is 0.577. The number of hydrogen-bond acceptors (Lipinski definition) is 3. The van der Waals surface area contributed by atoms with Crippen molar-refractivity contribution in [1.82, 2.24) is 0 Å². The molecule has 0 fully saturated rings. The molecule has 0 saturated carbocycles. The summed E-state index contributed by atoms with van der Waals surface area (Å²) >= 11 is 12.3. The van der Waals surface area contributed by atoms with Crippen LogP contribution in [0.1, 0.15) is 11.5 Å². The summed E-state index contributed by atoms with van der Waals surface area (Å²) in [5.74, 6) is 2.86. The standard InChI is InChI=1S/C13H12Br3NOS/c1-19-7-10-3-2-9(18-10)6-17-13-11(15)4-8(14)5-12(13)16/h2-5,17H,6-7H2,1H3. The van der Waals surface area contributed by atoms with Crippen LogP contribution >= 0.6 is 59.6 Å². The van der Waals surface area contributed by atoms with Crippen LogP contribution in [0.2, 0.25) is 0 Å². The van der Waals surface area contributed by atoms with E-state index in [0.29, 0.717) is 6.54 Å². The van der Waals surface area contributed by atoms with E-state index >= 15 is 0 Å². The minimum absolute atomic E-state index is 0.660. The molecule has 2 nitrogen and oxygen atoms in total. The summed E-state index contributed by atoms with van der Waals surface area (Å²) in [6, 6.07) is 8.06. The Balaban J connectivity index is 2.05. The smallest absolute Gasteiger partial charge is 0.123 e. The van der Waals surface area contributed by atoms with Crippen LogP contribution in [0, 0.1) is 0 Å². The van der Waals surface area contributed by atoms with Crippen LogP contribution in [0.15, 0.2) is 42.1 Å². The SMILES string of the molecule is CSCc1ccc(CNc2c(Br)cc(Br)cc2Br)o1. The zero-order valence-corrected chi connectivity index (χ0v) is 15.7. The van der Waals surface area contributed by atoms with Crippen molar-refractivity contribution in [3.8, 4) is 0 Å². The molecule has 1 N–H and O–H groups in total. The summed E-state index contributed by atoms with van der Waals surface area (Å²) in [5, 5.41) is 3.37. The Morgan fingerprint density at radius 2 is 1.74 bits per heavy atom. The molecule has 102 valence electrons. The summed E-state index contributed by atoms with van der Waals surface area (Å²) in [6.07, 6.45) is 2.07. The molecule has 1 aromatic carbocycles. The second-order valence-corrected chi connectivity index (χ2v) is 7.39. The third kappa shape index (κ3) is 4.28. The largest absolute Gasteiger partial charge is 0.463 e. The molecule has 0 radical (unpaired) electrons. The van der Waals surface area contributed by atoms with Crippen LogP contribution in [0.25, 0.3) is 0 Å². The second kappa shape index (κ2) is 7.20. The number of furan rings is 1. The highest BCUT2D eigenvalue weighted by Crippen LogP contribution is 2.34. The first-order valence-corrected chi connectivity index (χ1v) is 9.32. The molecular weight excluding hydrogens is 458 g/mol. The van der Waals surface area contributed by atoms with E-state index in [1.54, 1.807) is 11.8 Å². The number of thioether (sulfide) groups is 1. The molecular formula is C13H12Br3NOS. The molecule has 0 amide bonds. The van der Waals surface area contributed by atoms with E-state index in [2.05, 4.69) is 59.4 Å². The second-order valence-electron chi connectivity index (χ2n) is 3.90. The van der Waals surface area contributed by atoms with Crippen molar-refractivity contribution < 1.29 is 4.42 Å². The Labute approximate surface area is 142 Å². The van der Waals surface area contributed by atoms with Gasteiger partial charge >= 0.3 is 0 Å². The zero-order valence-electron chi connectivity index (χ0n) is 10.2. The van der Waals surface area contributed by atoms with Crippen molar-refractivity contribution in [1.29, 1.82) is 0 Å². The van der Waals surface area contributed by atoms with Gasteiger partial charge < -0.3 is 9.73 Å². The lowest BCUT2D eigenvalue weighted by Crippen LogP contribution is -1.99. The third-order valence-corrected chi connectivity index (χ3v) is 4.73. The molecule has 0 aliphatic rings. The predicted molar refractivity (Wildman–Crippen MR) is 92.8 cm³/mol. The first-order valence-electron chi connectivity index (χ1n) is 5.55. The number of hydrogen-bond donors (Lipinski definition) is 1. The molecule has 0 bridgehead atoms. The van der Waals surface area contributed by atoms with Crippen molar-refractivity contribution >= 4 is 65.2 Å². The highest BCUT2D eigenvalue weighted by atomic mass is 79.9. The molecule has 0 unspecified atom stereocenters. The molecule has 0 atom stereocenters. The fraction of sp³-hybridized carbons (Fsp3) is 0.231. The van der Waals surface area contributed by atoms with E-state index < -0.39 is 0 Å². The van der Waals surface area contributed by atoms with Gasteiger partial charge in [0.2, 0.25) is 0 Å². The maximum absolute atomic E-state index is 5.73. The zero-order chi connectivity index (χ0) is 13.8. The highest BCUT2D eigenvalue weighted by molar-refractivity contribution is 9.11.